The van der Waals surface area contributed by atoms with Crippen molar-refractivity contribution in [3.63, 3.8) is 0 Å². The Bertz CT molecular complexity index is 1280. The lowest BCUT2D eigenvalue weighted by Crippen LogP contribution is -2.25. The Labute approximate surface area is 207 Å². The number of nitriles is 1. The maximum atomic E-state index is 13.1. The van der Waals surface area contributed by atoms with Crippen LogP contribution in [0.25, 0.3) is 11.6 Å². The number of hydrogen-bond donors (Lipinski definition) is 0. The van der Waals surface area contributed by atoms with Gasteiger partial charge in [0.1, 0.15) is 6.61 Å². The van der Waals surface area contributed by atoms with Gasteiger partial charge in [-0.2, -0.15) is 5.26 Å². The molecular formula is C27H23IN2O3. The van der Waals surface area contributed by atoms with Crippen LogP contribution in [-0.2, 0) is 11.4 Å². The smallest absolute Gasteiger partial charge is 0.258 e. The molecule has 0 unspecified atom stereocenters. The van der Waals surface area contributed by atoms with E-state index in [-0.39, 0.29) is 12.5 Å². The Balaban J connectivity index is 1.69. The maximum absolute atomic E-state index is 13.1. The summed E-state index contributed by atoms with van der Waals surface area (Å²) in [4.78, 5) is 14.8. The molecule has 6 heteroatoms. The Morgan fingerprint density at radius 2 is 1.82 bits per heavy atom. The molecular weight excluding hydrogens is 527 g/mol. The highest BCUT2D eigenvalue weighted by atomic mass is 127. The number of carbonyl (C=O) groups excluding carboxylic acids is 1. The first-order chi connectivity index (χ1) is 16.1. The normalized spacial score (nSPS) is 13.7. The van der Waals surface area contributed by atoms with Crippen LogP contribution in [0.5, 0.6) is 11.5 Å². The van der Waals surface area contributed by atoms with Crippen LogP contribution in [0.4, 0.5) is 5.69 Å². The monoisotopic (exact) mass is 550 g/mol. The molecule has 1 aliphatic rings. The van der Waals surface area contributed by atoms with Crippen molar-refractivity contribution >= 4 is 45.8 Å². The van der Waals surface area contributed by atoms with E-state index in [2.05, 4.69) is 28.7 Å². The molecule has 0 saturated carbocycles. The number of halogens is 1. The predicted molar refractivity (Wildman–Crippen MR) is 138 cm³/mol. The lowest BCUT2D eigenvalue weighted by molar-refractivity contribution is -0.112. The molecule has 1 amide bonds. The molecule has 0 atom stereocenters. The number of nitrogens with zero attached hydrogens (tertiary/aromatic N) is 2. The topological polar surface area (TPSA) is 62.6 Å². The highest BCUT2D eigenvalue weighted by molar-refractivity contribution is 14.1. The van der Waals surface area contributed by atoms with Gasteiger partial charge in [0.05, 0.1) is 27.5 Å². The molecule has 0 saturated heterocycles. The fourth-order valence-corrected chi connectivity index (χ4v) is 4.69. The first kappa shape index (κ1) is 22.9. The minimum Gasteiger partial charge on any atom is -0.490 e. The summed E-state index contributed by atoms with van der Waals surface area (Å²) in [5, 5.41) is 9.34. The van der Waals surface area contributed by atoms with E-state index in [1.54, 1.807) is 11.0 Å². The van der Waals surface area contributed by atoms with Gasteiger partial charge in [0.2, 0.25) is 0 Å². The Morgan fingerprint density at radius 1 is 1.06 bits per heavy atom. The Kier molecular flexibility index (Phi) is 6.99. The van der Waals surface area contributed by atoms with Crippen molar-refractivity contribution in [1.29, 1.82) is 5.26 Å². The van der Waals surface area contributed by atoms with Crippen LogP contribution < -0.4 is 14.4 Å². The van der Waals surface area contributed by atoms with E-state index in [1.807, 2.05) is 74.5 Å². The molecule has 1 heterocycles. The van der Waals surface area contributed by atoms with Crippen molar-refractivity contribution in [3.05, 3.63) is 86.5 Å². The van der Waals surface area contributed by atoms with Crippen molar-refractivity contribution in [2.45, 2.75) is 20.5 Å². The maximum Gasteiger partial charge on any atom is 0.258 e. The van der Waals surface area contributed by atoms with Crippen molar-refractivity contribution in [3.8, 4) is 17.6 Å². The SMILES string of the molecule is CCOc1cc(/C=C2\C(=O)N(CC)c3ccccc32)cc(I)c1OCc1ccccc1C#N. The van der Waals surface area contributed by atoms with E-state index in [0.29, 0.717) is 35.8 Å². The number of fused-ring (bicyclic) bond motifs is 1. The molecule has 5 nitrogen and oxygen atoms in total. The second-order valence-corrected chi connectivity index (χ2v) is 8.61. The summed E-state index contributed by atoms with van der Waals surface area (Å²) >= 11 is 2.22. The fourth-order valence-electron chi connectivity index (χ4n) is 3.91. The lowest BCUT2D eigenvalue weighted by Gasteiger charge is -2.15. The van der Waals surface area contributed by atoms with Gasteiger partial charge >= 0.3 is 0 Å². The second-order valence-electron chi connectivity index (χ2n) is 7.45. The van der Waals surface area contributed by atoms with E-state index < -0.39 is 0 Å². The van der Waals surface area contributed by atoms with E-state index in [9.17, 15) is 10.1 Å². The van der Waals surface area contributed by atoms with Crippen LogP contribution in [0.15, 0.2) is 60.7 Å². The third-order valence-corrected chi connectivity index (χ3v) is 6.23. The molecule has 3 aromatic carbocycles. The second kappa shape index (κ2) is 10.1. The number of para-hydroxylation sites is 1. The van der Waals surface area contributed by atoms with Crippen LogP contribution in [0.2, 0.25) is 0 Å². The highest BCUT2D eigenvalue weighted by Gasteiger charge is 2.30. The molecule has 33 heavy (non-hydrogen) atoms. The largest absolute Gasteiger partial charge is 0.490 e. The molecule has 3 aromatic rings. The molecule has 0 bridgehead atoms. The summed E-state index contributed by atoms with van der Waals surface area (Å²) < 4.78 is 12.9. The van der Waals surface area contributed by atoms with E-state index in [0.717, 1.165) is 25.9 Å². The molecule has 0 radical (unpaired) electrons. The van der Waals surface area contributed by atoms with Gasteiger partial charge < -0.3 is 14.4 Å². The first-order valence-corrected chi connectivity index (χ1v) is 11.8. The number of hydrogen-bond acceptors (Lipinski definition) is 4. The number of benzene rings is 3. The van der Waals surface area contributed by atoms with Crippen molar-refractivity contribution in [2.24, 2.45) is 0 Å². The van der Waals surface area contributed by atoms with Crippen LogP contribution in [0.1, 0.15) is 36.1 Å². The molecule has 0 spiro atoms. The van der Waals surface area contributed by atoms with Gasteiger partial charge in [0.15, 0.2) is 11.5 Å². The van der Waals surface area contributed by atoms with Gasteiger partial charge in [-0.05, 0) is 72.3 Å². The zero-order chi connectivity index (χ0) is 23.4. The van der Waals surface area contributed by atoms with Crippen LogP contribution in [-0.4, -0.2) is 19.1 Å². The summed E-state index contributed by atoms with van der Waals surface area (Å²) in [5.74, 6) is 1.23. The summed E-state index contributed by atoms with van der Waals surface area (Å²) in [7, 11) is 0. The highest BCUT2D eigenvalue weighted by Crippen LogP contribution is 2.40. The van der Waals surface area contributed by atoms with Crippen molar-refractivity contribution in [1.82, 2.24) is 0 Å². The summed E-state index contributed by atoms with van der Waals surface area (Å²) in [6.45, 7) is 5.25. The summed E-state index contributed by atoms with van der Waals surface area (Å²) in [6, 6.07) is 21.3. The predicted octanol–water partition coefficient (Wildman–Crippen LogP) is 6.05. The number of ether oxygens (including phenoxy) is 2. The number of anilines is 1. The van der Waals surface area contributed by atoms with E-state index in [1.165, 1.54) is 0 Å². The number of rotatable bonds is 7. The third-order valence-electron chi connectivity index (χ3n) is 5.43. The Morgan fingerprint density at radius 3 is 2.58 bits per heavy atom. The summed E-state index contributed by atoms with van der Waals surface area (Å²) in [5.41, 5.74) is 4.81. The molecule has 0 aromatic heterocycles. The molecule has 1 aliphatic heterocycles. The van der Waals surface area contributed by atoms with E-state index in [4.69, 9.17) is 9.47 Å². The average molecular weight is 550 g/mol. The molecule has 166 valence electrons. The zero-order valence-corrected chi connectivity index (χ0v) is 20.6. The number of carbonyl (C=O) groups is 1. The molecule has 0 fully saturated rings. The van der Waals surface area contributed by atoms with Crippen LogP contribution >= 0.6 is 22.6 Å². The lowest BCUT2D eigenvalue weighted by atomic mass is 10.0. The van der Waals surface area contributed by atoms with Gasteiger partial charge in [-0.25, -0.2) is 0 Å². The van der Waals surface area contributed by atoms with Crippen LogP contribution in [0, 0.1) is 14.9 Å². The standard InChI is InChI=1S/C27H23IN2O3/c1-3-30-24-12-8-7-11-21(24)22(27(30)31)13-18-14-23(28)26(25(15-18)32-4-2)33-17-20-10-6-5-9-19(20)16-29/h5-15H,3-4,17H2,1-2H3/b22-13-. The van der Waals surface area contributed by atoms with Gasteiger partial charge in [-0.1, -0.05) is 36.4 Å². The number of likely N-dealkylation sites (N-methyl/N-ethyl adjacent to an activating group) is 1. The quantitative estimate of drug-likeness (QED) is 0.266. The van der Waals surface area contributed by atoms with Gasteiger partial charge in [0.25, 0.3) is 5.91 Å². The first-order valence-electron chi connectivity index (χ1n) is 10.8. The van der Waals surface area contributed by atoms with Crippen molar-refractivity contribution in [2.75, 3.05) is 18.1 Å². The minimum atomic E-state index is 0.0000973. The molecule has 0 N–H and O–H groups in total. The van der Waals surface area contributed by atoms with Gasteiger partial charge in [-0.3, -0.25) is 4.79 Å². The Hall–Kier alpha value is -3.31. The molecule has 0 aliphatic carbocycles. The number of amides is 1. The summed E-state index contributed by atoms with van der Waals surface area (Å²) in [6.07, 6.45) is 1.91. The average Bonchev–Trinajstić information content (AvgIpc) is 3.09. The fraction of sp³-hybridized carbons (Fsp3) is 0.185. The van der Waals surface area contributed by atoms with Gasteiger partial charge in [0, 0.05) is 23.2 Å². The third kappa shape index (κ3) is 4.60. The van der Waals surface area contributed by atoms with E-state index >= 15 is 0 Å². The molecule has 4 rings (SSSR count). The van der Waals surface area contributed by atoms with Crippen LogP contribution in [0.3, 0.4) is 0 Å². The van der Waals surface area contributed by atoms with Gasteiger partial charge in [-0.15, -0.1) is 0 Å². The minimum absolute atomic E-state index is 0.0000973. The van der Waals surface area contributed by atoms with Crippen molar-refractivity contribution < 1.29 is 14.3 Å². The zero-order valence-electron chi connectivity index (χ0n) is 18.5.